The monoisotopic (exact) mass is 286 g/mol. The standard InChI is InChI=1S/C19H30N2/c1-15(2)11-12-21(19-9-10-19)14-17-6-4-3-5-16(17)13-20-18-7-8-18/h3-6,15,18-20H,7-14H2,1-2H3. The van der Waals surface area contributed by atoms with Crippen molar-refractivity contribution in [1.29, 1.82) is 0 Å². The van der Waals surface area contributed by atoms with Gasteiger partial charge in [0.05, 0.1) is 0 Å². The summed E-state index contributed by atoms with van der Waals surface area (Å²) in [6.45, 7) is 8.10. The van der Waals surface area contributed by atoms with Gasteiger partial charge in [-0.05, 0) is 55.7 Å². The summed E-state index contributed by atoms with van der Waals surface area (Å²) < 4.78 is 0. The van der Waals surface area contributed by atoms with Crippen molar-refractivity contribution in [3.05, 3.63) is 35.4 Å². The van der Waals surface area contributed by atoms with Crippen LogP contribution < -0.4 is 5.32 Å². The van der Waals surface area contributed by atoms with Crippen molar-refractivity contribution in [2.75, 3.05) is 6.54 Å². The van der Waals surface area contributed by atoms with Gasteiger partial charge in [-0.25, -0.2) is 0 Å². The third-order valence-corrected chi connectivity index (χ3v) is 4.71. The van der Waals surface area contributed by atoms with Crippen LogP contribution in [0.1, 0.15) is 57.1 Å². The Labute approximate surface area is 129 Å². The maximum atomic E-state index is 3.66. The summed E-state index contributed by atoms with van der Waals surface area (Å²) in [5, 5.41) is 3.66. The molecule has 2 heteroatoms. The molecular formula is C19H30N2. The molecule has 0 aliphatic heterocycles. The maximum absolute atomic E-state index is 3.66. The lowest BCUT2D eigenvalue weighted by Crippen LogP contribution is -2.28. The Morgan fingerprint density at radius 2 is 1.81 bits per heavy atom. The molecule has 2 aliphatic carbocycles. The van der Waals surface area contributed by atoms with Gasteiger partial charge < -0.3 is 5.32 Å². The number of rotatable bonds is 9. The van der Waals surface area contributed by atoms with Gasteiger partial charge in [-0.2, -0.15) is 0 Å². The van der Waals surface area contributed by atoms with Gasteiger partial charge in [-0.1, -0.05) is 38.1 Å². The molecule has 0 heterocycles. The number of benzene rings is 1. The van der Waals surface area contributed by atoms with E-state index in [0.29, 0.717) is 0 Å². The molecule has 3 rings (SSSR count). The van der Waals surface area contributed by atoms with Crippen molar-refractivity contribution in [2.24, 2.45) is 5.92 Å². The van der Waals surface area contributed by atoms with Crippen molar-refractivity contribution < 1.29 is 0 Å². The Kier molecular flexibility index (Phi) is 4.97. The van der Waals surface area contributed by atoms with Crippen LogP contribution in [0.5, 0.6) is 0 Å². The molecule has 1 aromatic carbocycles. The van der Waals surface area contributed by atoms with E-state index >= 15 is 0 Å². The van der Waals surface area contributed by atoms with Crippen molar-refractivity contribution >= 4 is 0 Å². The Bertz CT molecular complexity index is 447. The minimum Gasteiger partial charge on any atom is -0.310 e. The van der Waals surface area contributed by atoms with Gasteiger partial charge in [0.2, 0.25) is 0 Å². The summed E-state index contributed by atoms with van der Waals surface area (Å²) >= 11 is 0. The lowest BCUT2D eigenvalue weighted by Gasteiger charge is -2.24. The summed E-state index contributed by atoms with van der Waals surface area (Å²) in [7, 11) is 0. The van der Waals surface area contributed by atoms with E-state index in [1.54, 1.807) is 0 Å². The predicted molar refractivity (Wildman–Crippen MR) is 89.2 cm³/mol. The fraction of sp³-hybridized carbons (Fsp3) is 0.684. The number of hydrogen-bond donors (Lipinski definition) is 1. The van der Waals surface area contributed by atoms with Crippen molar-refractivity contribution in [3.8, 4) is 0 Å². The van der Waals surface area contributed by atoms with Gasteiger partial charge in [0.15, 0.2) is 0 Å². The first-order valence-corrected chi connectivity index (χ1v) is 8.76. The molecule has 0 bridgehead atoms. The van der Waals surface area contributed by atoms with E-state index in [1.165, 1.54) is 49.8 Å². The molecule has 0 aromatic heterocycles. The minimum atomic E-state index is 0.790. The normalized spacial score (nSPS) is 18.7. The summed E-state index contributed by atoms with van der Waals surface area (Å²) in [5.41, 5.74) is 3.03. The average molecular weight is 286 g/mol. The largest absolute Gasteiger partial charge is 0.310 e. The van der Waals surface area contributed by atoms with E-state index in [2.05, 4.69) is 48.3 Å². The highest BCUT2D eigenvalue weighted by molar-refractivity contribution is 5.27. The summed E-state index contributed by atoms with van der Waals surface area (Å²) in [4.78, 5) is 2.72. The molecule has 0 radical (unpaired) electrons. The highest BCUT2D eigenvalue weighted by Crippen LogP contribution is 2.29. The van der Waals surface area contributed by atoms with Crippen LogP contribution in [0, 0.1) is 5.92 Å². The van der Waals surface area contributed by atoms with Gasteiger partial charge in [0, 0.05) is 25.2 Å². The van der Waals surface area contributed by atoms with E-state index < -0.39 is 0 Å². The second kappa shape index (κ2) is 6.93. The maximum Gasteiger partial charge on any atom is 0.0239 e. The van der Waals surface area contributed by atoms with Crippen molar-refractivity contribution in [1.82, 2.24) is 10.2 Å². The minimum absolute atomic E-state index is 0.790. The first-order valence-electron chi connectivity index (χ1n) is 8.76. The van der Waals surface area contributed by atoms with Crippen LogP contribution in [0.15, 0.2) is 24.3 Å². The first-order chi connectivity index (χ1) is 10.2. The van der Waals surface area contributed by atoms with Crippen LogP contribution in [-0.4, -0.2) is 23.5 Å². The molecule has 0 saturated heterocycles. The topological polar surface area (TPSA) is 15.3 Å². The van der Waals surface area contributed by atoms with Crippen LogP contribution in [-0.2, 0) is 13.1 Å². The van der Waals surface area contributed by atoms with Crippen molar-refractivity contribution in [2.45, 2.75) is 71.1 Å². The Morgan fingerprint density at radius 3 is 2.43 bits per heavy atom. The highest BCUT2D eigenvalue weighted by atomic mass is 15.2. The van der Waals surface area contributed by atoms with Gasteiger partial charge in [-0.15, -0.1) is 0 Å². The summed E-state index contributed by atoms with van der Waals surface area (Å²) in [6, 6.07) is 10.7. The molecule has 2 nitrogen and oxygen atoms in total. The molecule has 2 aliphatic rings. The highest BCUT2D eigenvalue weighted by Gasteiger charge is 2.29. The van der Waals surface area contributed by atoms with E-state index in [9.17, 15) is 0 Å². The quantitative estimate of drug-likeness (QED) is 0.739. The number of nitrogens with one attached hydrogen (secondary N) is 1. The Hall–Kier alpha value is -0.860. The van der Waals surface area contributed by atoms with Gasteiger partial charge in [0.25, 0.3) is 0 Å². The smallest absolute Gasteiger partial charge is 0.0239 e. The molecule has 0 unspecified atom stereocenters. The molecule has 2 fully saturated rings. The predicted octanol–water partition coefficient (Wildman–Crippen LogP) is 3.95. The van der Waals surface area contributed by atoms with Crippen LogP contribution in [0.2, 0.25) is 0 Å². The van der Waals surface area contributed by atoms with Gasteiger partial charge in [0.1, 0.15) is 0 Å². The second-order valence-electron chi connectivity index (χ2n) is 7.31. The average Bonchev–Trinajstić information content (AvgIpc) is 3.36. The number of hydrogen-bond acceptors (Lipinski definition) is 2. The zero-order chi connectivity index (χ0) is 14.7. The zero-order valence-electron chi connectivity index (χ0n) is 13.6. The molecule has 1 aromatic rings. The van der Waals surface area contributed by atoms with Gasteiger partial charge >= 0.3 is 0 Å². The molecule has 2 saturated carbocycles. The SMILES string of the molecule is CC(C)CCN(Cc1ccccc1CNC1CC1)C1CC1. The fourth-order valence-corrected chi connectivity index (χ4v) is 2.90. The van der Waals surface area contributed by atoms with Crippen LogP contribution in [0.4, 0.5) is 0 Å². The first kappa shape index (κ1) is 15.1. The van der Waals surface area contributed by atoms with E-state index in [4.69, 9.17) is 0 Å². The third kappa shape index (κ3) is 4.82. The molecule has 116 valence electrons. The molecule has 1 N–H and O–H groups in total. The Balaban J connectivity index is 1.60. The number of nitrogens with zero attached hydrogens (tertiary/aromatic N) is 1. The van der Waals surface area contributed by atoms with Crippen LogP contribution in [0.3, 0.4) is 0 Å². The van der Waals surface area contributed by atoms with E-state index in [1.807, 2.05) is 0 Å². The van der Waals surface area contributed by atoms with Gasteiger partial charge in [-0.3, -0.25) is 4.90 Å². The second-order valence-corrected chi connectivity index (χ2v) is 7.31. The van der Waals surface area contributed by atoms with Crippen LogP contribution >= 0.6 is 0 Å². The molecular weight excluding hydrogens is 256 g/mol. The lowest BCUT2D eigenvalue weighted by atomic mass is 10.1. The lowest BCUT2D eigenvalue weighted by molar-refractivity contribution is 0.238. The molecule has 0 spiro atoms. The van der Waals surface area contributed by atoms with Crippen LogP contribution in [0.25, 0.3) is 0 Å². The third-order valence-electron chi connectivity index (χ3n) is 4.71. The van der Waals surface area contributed by atoms with Crippen molar-refractivity contribution in [3.63, 3.8) is 0 Å². The Morgan fingerprint density at radius 1 is 1.10 bits per heavy atom. The van der Waals surface area contributed by atoms with E-state index in [0.717, 1.165) is 31.1 Å². The van der Waals surface area contributed by atoms with E-state index in [-0.39, 0.29) is 0 Å². The fourth-order valence-electron chi connectivity index (χ4n) is 2.90. The summed E-state index contributed by atoms with van der Waals surface area (Å²) in [5.74, 6) is 0.804. The summed E-state index contributed by atoms with van der Waals surface area (Å²) in [6.07, 6.45) is 6.86. The molecule has 0 amide bonds. The molecule has 21 heavy (non-hydrogen) atoms. The zero-order valence-corrected chi connectivity index (χ0v) is 13.6. The molecule has 0 atom stereocenters.